The molecule has 0 aromatic rings. The zero-order chi connectivity index (χ0) is 91.4. The second-order valence-corrected chi connectivity index (χ2v) is 39.2. The SMILES string of the molecule is C=C[C@@](C)(O)CC/C=C(\C)C(=O)OC[C@@H]1O[C@H](OC(=O)[C@]23CCC(C)(C)C[C@H]2C2=CC[C@H]4[C@]5(C)CC[C@H](O[C@H]6O[C@@H](CO[C@H]7OC[C@H](O)[C@H](O)[C@H]7O[C@H]7OC[C@@H](O)[C@H](O)[C@H]7O)[C@@H](O)[C@H](O)[C@@H]6O)C(C)(C)[C@H]5CC[C@]4(C)[C@@]2(C)C[C@H]3O)[C@H](O[C@H]2O[C@H](C)[C@H](O[C@@H]3OC[C@@H](O)[C@H](O[C@H]4OC[C@H](O)[C@@H](O)[C@@H]4O)[C@H]3O)[C@H](O)[C@H]2O[C@H]2O[C@H](CO)[C@H](O)[C@@H](O)[C@@H]2O)[C@@H](O)[C@@H]1O. The van der Waals surface area contributed by atoms with Crippen molar-refractivity contribution in [2.75, 3.05) is 46.2 Å². The van der Waals surface area contributed by atoms with Gasteiger partial charge in [0.15, 0.2) is 50.1 Å². The molecule has 0 aromatic carbocycles. The fourth-order valence-corrected chi connectivity index (χ4v) is 22.3. The lowest BCUT2D eigenvalue weighted by Gasteiger charge is -2.71. The van der Waals surface area contributed by atoms with E-state index < -0.39 is 336 Å². The van der Waals surface area contributed by atoms with Crippen LogP contribution in [0.2, 0.25) is 0 Å². The van der Waals surface area contributed by atoms with Crippen LogP contribution in [0.25, 0.3) is 0 Å². The molecule has 0 amide bonds. The van der Waals surface area contributed by atoms with E-state index in [0.29, 0.717) is 44.9 Å². The van der Waals surface area contributed by atoms with Gasteiger partial charge in [-0.05, 0) is 136 Å². The van der Waals surface area contributed by atoms with Crippen LogP contribution >= 0.6 is 0 Å². The Bertz CT molecular complexity index is 3710. The molecule has 0 spiro atoms. The summed E-state index contributed by atoms with van der Waals surface area (Å²) < 4.78 is 103. The summed E-state index contributed by atoms with van der Waals surface area (Å²) in [6, 6.07) is 0. The minimum atomic E-state index is -2.25. The highest BCUT2D eigenvalue weighted by molar-refractivity contribution is 5.87. The van der Waals surface area contributed by atoms with Crippen LogP contribution < -0.4 is 0 Å². The molecule has 0 aromatic heterocycles. The van der Waals surface area contributed by atoms with Crippen LogP contribution in [-0.2, 0) is 90.1 Å². The molecule has 8 saturated heterocycles. The number of carbonyl (C=O) groups is 2. The standard InChI is InChI=1S/C84H134O41/c1-12-80(8,108)19-13-14-33(2)68(106)109-31-42-53(96)56(99)66(124-75-67(123-73-60(103)54(97)51(94)41(26-85)116-73)61(104)63(34(3)115-75)120-71-62(105)64(40(89)30-112-71)121-69-57(100)48(91)37(86)27-110-69)76(118-42)125-77(107)84-23-22-78(4,5)24-36(84)35-15-16-45-81(9)20-18-47(79(6,7)44(81)17-21-82(45,10)83(35,11)25-46(84)90)119-72-59(102)55(98)52(95)43(117-72)32-114-74-65(50(93)39(88)29-113-74)122-70-58(101)49(92)38(87)28-111-70/h12,14-15,34,36-67,69-76,85-105,108H,1,13,16-32H2,2-11H3/b33-14+/t34-,36+,37+,38-,39+,40-,41-,42+,43+,44-,45+,46-,47+,48-,49+,50+,51+,52-,53-,54-,55+,56+,57+,58-,59+,60+,61+,62-,63+,64+,65-,66-,67-,69-,70-,71+,72-,73-,74-,75-,76-,80-,81-,82+,83+,84-/m1/s1. The number of carbonyl (C=O) groups excluding carboxylic acids is 2. The summed E-state index contributed by atoms with van der Waals surface area (Å²) in [7, 11) is 0. The topological polar surface area (TPSA) is 636 Å². The lowest BCUT2D eigenvalue weighted by molar-refractivity contribution is -0.401. The molecular weight excluding hydrogens is 1660 g/mol. The summed E-state index contributed by atoms with van der Waals surface area (Å²) in [4.78, 5) is 30.2. The van der Waals surface area contributed by atoms with Crippen molar-refractivity contribution in [3.8, 4) is 0 Å². The summed E-state index contributed by atoms with van der Waals surface area (Å²) in [5, 5.41) is 246. The minimum Gasteiger partial charge on any atom is -0.459 e. The molecule has 0 bridgehead atoms. The molecule has 5 aliphatic carbocycles. The molecule has 41 heteroatoms. The first-order chi connectivity index (χ1) is 58.6. The number of esters is 2. The second kappa shape index (κ2) is 38.6. The van der Waals surface area contributed by atoms with Crippen molar-refractivity contribution >= 4 is 11.9 Å². The third-order valence-electron chi connectivity index (χ3n) is 30.3. The number of rotatable bonds is 25. The third kappa shape index (κ3) is 18.9. The van der Waals surface area contributed by atoms with E-state index in [2.05, 4.69) is 61.1 Å². The summed E-state index contributed by atoms with van der Waals surface area (Å²) in [6.07, 6.45) is -58.3. The van der Waals surface area contributed by atoms with Gasteiger partial charge in [0, 0.05) is 5.57 Å². The van der Waals surface area contributed by atoms with Gasteiger partial charge in [-0.2, -0.15) is 0 Å². The van der Waals surface area contributed by atoms with Crippen molar-refractivity contribution in [3.05, 3.63) is 36.0 Å². The minimum absolute atomic E-state index is 0.0274. The molecule has 8 aliphatic heterocycles. The highest BCUT2D eigenvalue weighted by atomic mass is 16.8. The van der Waals surface area contributed by atoms with Gasteiger partial charge < -0.3 is 193 Å². The van der Waals surface area contributed by atoms with E-state index in [1.165, 1.54) is 32.9 Å². The van der Waals surface area contributed by atoms with Gasteiger partial charge in [0.1, 0.15) is 171 Å². The first kappa shape index (κ1) is 99.2. The summed E-state index contributed by atoms with van der Waals surface area (Å²) in [5.41, 5.74) is -5.09. The van der Waals surface area contributed by atoms with E-state index in [1.807, 2.05) is 0 Å². The Kier molecular flexibility index (Phi) is 30.6. The second-order valence-electron chi connectivity index (χ2n) is 39.2. The molecule has 4 saturated carbocycles. The Hall–Kier alpha value is -3.32. The zero-order valence-electron chi connectivity index (χ0n) is 71.9. The van der Waals surface area contributed by atoms with E-state index >= 15 is 4.79 Å². The predicted molar refractivity (Wildman–Crippen MR) is 417 cm³/mol. The Labute approximate surface area is 723 Å². The van der Waals surface area contributed by atoms with Crippen LogP contribution in [0.3, 0.4) is 0 Å². The highest BCUT2D eigenvalue weighted by Crippen LogP contribution is 2.76. The average molecular weight is 1800 g/mol. The van der Waals surface area contributed by atoms with E-state index in [1.54, 1.807) is 0 Å². The van der Waals surface area contributed by atoms with Crippen molar-refractivity contribution in [2.45, 2.75) is 379 Å². The van der Waals surface area contributed by atoms with Crippen molar-refractivity contribution < 1.29 is 202 Å². The lowest BCUT2D eigenvalue weighted by atomic mass is 9.33. The Morgan fingerprint density at radius 2 is 1.01 bits per heavy atom. The molecule has 41 nitrogen and oxygen atoms in total. The first-order valence-corrected chi connectivity index (χ1v) is 43.6. The maximum atomic E-state index is 16.4. The van der Waals surface area contributed by atoms with E-state index in [0.717, 1.165) is 5.57 Å². The van der Waals surface area contributed by atoms with Gasteiger partial charge in [0.05, 0.1) is 63.6 Å². The summed E-state index contributed by atoms with van der Waals surface area (Å²) in [5.74, 6) is -2.83. The molecule has 13 aliphatic rings. The van der Waals surface area contributed by atoms with Gasteiger partial charge in [-0.3, -0.25) is 4.79 Å². The van der Waals surface area contributed by atoms with Crippen LogP contribution in [0.1, 0.15) is 140 Å². The Morgan fingerprint density at radius 3 is 1.63 bits per heavy atom. The van der Waals surface area contributed by atoms with Crippen LogP contribution in [0.4, 0.5) is 0 Å². The molecule has 12 fully saturated rings. The summed E-state index contributed by atoms with van der Waals surface area (Å²) >= 11 is 0. The number of ether oxygens (including phenoxy) is 17. The van der Waals surface area contributed by atoms with Crippen molar-refractivity contribution in [1.29, 1.82) is 0 Å². The zero-order valence-corrected chi connectivity index (χ0v) is 71.9. The van der Waals surface area contributed by atoms with Crippen molar-refractivity contribution in [3.63, 3.8) is 0 Å². The third-order valence-corrected chi connectivity index (χ3v) is 30.3. The van der Waals surface area contributed by atoms with Gasteiger partial charge in [-0.15, -0.1) is 6.58 Å². The fraction of sp³-hybridized carbons (Fsp3) is 0.905. The van der Waals surface area contributed by atoms with E-state index in [4.69, 9.17) is 80.5 Å². The first-order valence-electron chi connectivity index (χ1n) is 43.6. The lowest BCUT2D eigenvalue weighted by Crippen LogP contribution is -2.69. The van der Waals surface area contributed by atoms with Crippen LogP contribution in [-0.4, -0.2) is 410 Å². The van der Waals surface area contributed by atoms with Crippen LogP contribution in [0.5, 0.6) is 0 Å². The molecular formula is C84H134O41. The molecule has 22 N–H and O–H groups in total. The molecule has 8 heterocycles. The molecule has 0 unspecified atom stereocenters. The van der Waals surface area contributed by atoms with Crippen molar-refractivity contribution in [1.82, 2.24) is 0 Å². The van der Waals surface area contributed by atoms with Crippen LogP contribution in [0.15, 0.2) is 36.0 Å². The average Bonchev–Trinajstić information content (AvgIpc) is 0.669. The number of aliphatic hydroxyl groups excluding tert-OH is 21. The van der Waals surface area contributed by atoms with E-state index in [-0.39, 0.29) is 43.1 Å². The maximum Gasteiger partial charge on any atom is 0.333 e. The van der Waals surface area contributed by atoms with Crippen molar-refractivity contribution in [2.24, 2.45) is 50.2 Å². The molecule has 0 radical (unpaired) electrons. The Balaban J connectivity index is 0.762. The van der Waals surface area contributed by atoms with Gasteiger partial charge in [0.2, 0.25) is 6.29 Å². The fourth-order valence-electron chi connectivity index (χ4n) is 22.3. The molecule has 13 rings (SSSR count). The monoisotopic (exact) mass is 1800 g/mol. The largest absolute Gasteiger partial charge is 0.459 e. The van der Waals surface area contributed by atoms with Gasteiger partial charge in [-0.1, -0.05) is 72.3 Å². The molecule has 125 heavy (non-hydrogen) atoms. The number of fused-ring (bicyclic) bond motifs is 7. The molecule has 716 valence electrons. The van der Waals surface area contributed by atoms with Gasteiger partial charge >= 0.3 is 11.9 Å². The van der Waals surface area contributed by atoms with E-state index in [9.17, 15) is 117 Å². The number of hydrogen-bond donors (Lipinski definition) is 22. The van der Waals surface area contributed by atoms with Crippen LogP contribution in [0, 0.1) is 50.2 Å². The quantitative estimate of drug-likeness (QED) is 0.0175. The number of allylic oxidation sites excluding steroid dienone is 3. The number of aliphatic hydroxyl groups is 22. The maximum absolute atomic E-state index is 16.4. The Morgan fingerprint density at radius 1 is 0.504 bits per heavy atom. The molecule has 46 atom stereocenters. The highest BCUT2D eigenvalue weighted by Gasteiger charge is 2.73. The predicted octanol–water partition coefficient (Wildman–Crippen LogP) is -5.97. The normalized spacial score (nSPS) is 51.2. The van der Waals surface area contributed by atoms with Gasteiger partial charge in [0.25, 0.3) is 0 Å². The van der Waals surface area contributed by atoms with Gasteiger partial charge in [-0.25, -0.2) is 4.79 Å². The smallest absolute Gasteiger partial charge is 0.333 e. The summed E-state index contributed by atoms with van der Waals surface area (Å²) in [6.45, 7) is 18.5. The number of hydrogen-bond acceptors (Lipinski definition) is 41.